The number of halogens is 1. The van der Waals surface area contributed by atoms with Crippen molar-refractivity contribution in [2.24, 2.45) is 0 Å². The number of aryl methyl sites for hydroxylation is 1. The third-order valence-corrected chi connectivity index (χ3v) is 3.04. The van der Waals surface area contributed by atoms with E-state index in [4.69, 9.17) is 13.1 Å². The summed E-state index contributed by atoms with van der Waals surface area (Å²) in [6.45, 7) is 1.82. The standard InChI is InChI=1S/C16H13BFNO2/c1-10-2-5-12(14(18)8-10)6-3-11-4-7-13(16(20)21)15(9-11)19-17/h2-9,19H,1H3,(H,20,21)/b6-3+. The molecular weight excluding hydrogens is 268 g/mol. The predicted octanol–water partition coefficient (Wildman–Crippen LogP) is 3.50. The van der Waals surface area contributed by atoms with Gasteiger partial charge < -0.3 is 10.3 Å². The van der Waals surface area contributed by atoms with E-state index in [-0.39, 0.29) is 11.4 Å². The minimum atomic E-state index is -1.07. The molecule has 0 saturated heterocycles. The lowest BCUT2D eigenvalue weighted by molar-refractivity contribution is 0.0698. The summed E-state index contributed by atoms with van der Waals surface area (Å²) in [5, 5.41) is 11.3. The molecule has 0 bridgehead atoms. The van der Waals surface area contributed by atoms with Crippen LogP contribution in [0.1, 0.15) is 27.0 Å². The molecule has 104 valence electrons. The largest absolute Gasteiger partial charge is 0.478 e. The first-order chi connectivity index (χ1) is 10.0. The van der Waals surface area contributed by atoms with Gasteiger partial charge in [0.1, 0.15) is 5.82 Å². The van der Waals surface area contributed by atoms with Gasteiger partial charge in [0, 0.05) is 11.3 Å². The zero-order valence-corrected chi connectivity index (χ0v) is 11.4. The molecule has 0 saturated carbocycles. The fourth-order valence-electron chi connectivity index (χ4n) is 1.92. The van der Waals surface area contributed by atoms with Gasteiger partial charge in [-0.05, 0) is 36.2 Å². The summed E-state index contributed by atoms with van der Waals surface area (Å²) >= 11 is 0. The highest BCUT2D eigenvalue weighted by molar-refractivity contribution is 6.17. The molecule has 0 aliphatic heterocycles. The van der Waals surface area contributed by atoms with E-state index in [9.17, 15) is 9.18 Å². The summed E-state index contributed by atoms with van der Waals surface area (Å²) in [6.07, 6.45) is 3.32. The topological polar surface area (TPSA) is 49.3 Å². The van der Waals surface area contributed by atoms with E-state index in [1.807, 2.05) is 13.0 Å². The Balaban J connectivity index is 2.31. The van der Waals surface area contributed by atoms with Gasteiger partial charge in [-0.25, -0.2) is 9.18 Å². The number of hydrogen-bond acceptors (Lipinski definition) is 2. The van der Waals surface area contributed by atoms with Crippen molar-refractivity contribution < 1.29 is 14.3 Å². The Hall–Kier alpha value is -2.56. The van der Waals surface area contributed by atoms with Crippen molar-refractivity contribution in [3.63, 3.8) is 0 Å². The van der Waals surface area contributed by atoms with Crippen LogP contribution in [0.3, 0.4) is 0 Å². The SMILES string of the molecule is [B]Nc1cc(/C=C/c2ccc(C)cc2F)ccc1C(=O)O. The van der Waals surface area contributed by atoms with Crippen LogP contribution in [-0.2, 0) is 0 Å². The lowest BCUT2D eigenvalue weighted by Crippen LogP contribution is -2.03. The Labute approximate surface area is 123 Å². The molecule has 0 spiro atoms. The van der Waals surface area contributed by atoms with Crippen LogP contribution in [0.15, 0.2) is 36.4 Å². The van der Waals surface area contributed by atoms with Crippen molar-refractivity contribution in [3.05, 3.63) is 64.5 Å². The number of benzene rings is 2. The summed E-state index contributed by atoms with van der Waals surface area (Å²) in [7, 11) is 5.31. The van der Waals surface area contributed by atoms with Crippen LogP contribution in [0.4, 0.5) is 10.1 Å². The minimum Gasteiger partial charge on any atom is -0.478 e. The highest BCUT2D eigenvalue weighted by Crippen LogP contribution is 2.20. The van der Waals surface area contributed by atoms with Crippen LogP contribution in [0.25, 0.3) is 12.2 Å². The van der Waals surface area contributed by atoms with Gasteiger partial charge in [0.05, 0.1) is 5.56 Å². The summed E-state index contributed by atoms with van der Waals surface area (Å²) in [5.74, 6) is -1.37. The number of carbonyl (C=O) groups is 1. The average molecular weight is 281 g/mol. The van der Waals surface area contributed by atoms with Crippen LogP contribution >= 0.6 is 0 Å². The van der Waals surface area contributed by atoms with E-state index in [2.05, 4.69) is 5.23 Å². The maximum Gasteiger partial charge on any atom is 0.337 e. The number of carboxylic acids is 1. The molecule has 0 aromatic heterocycles. The molecule has 0 amide bonds. The minimum absolute atomic E-state index is 0.0798. The average Bonchev–Trinajstić information content (AvgIpc) is 2.45. The molecule has 0 fully saturated rings. The fraction of sp³-hybridized carbons (Fsp3) is 0.0625. The molecule has 0 unspecified atom stereocenters. The number of rotatable bonds is 4. The van der Waals surface area contributed by atoms with E-state index in [1.165, 1.54) is 12.1 Å². The van der Waals surface area contributed by atoms with Gasteiger partial charge in [0.25, 0.3) is 0 Å². The highest BCUT2D eigenvalue weighted by Gasteiger charge is 2.08. The lowest BCUT2D eigenvalue weighted by atomic mass is 10.1. The highest BCUT2D eigenvalue weighted by atomic mass is 19.1. The second kappa shape index (κ2) is 6.26. The van der Waals surface area contributed by atoms with Gasteiger partial charge >= 0.3 is 5.97 Å². The fourth-order valence-corrected chi connectivity index (χ4v) is 1.92. The number of nitrogens with one attached hydrogen (secondary N) is 1. The molecule has 3 nitrogen and oxygen atoms in total. The normalized spacial score (nSPS) is 10.8. The van der Waals surface area contributed by atoms with Crippen molar-refractivity contribution in [2.45, 2.75) is 6.92 Å². The molecule has 2 radical (unpaired) electrons. The Bertz CT molecular complexity index is 713. The van der Waals surface area contributed by atoms with Crippen LogP contribution in [0, 0.1) is 12.7 Å². The Morgan fingerprint density at radius 2 is 2.00 bits per heavy atom. The third kappa shape index (κ3) is 3.51. The summed E-state index contributed by atoms with van der Waals surface area (Å²) < 4.78 is 13.7. The predicted molar refractivity (Wildman–Crippen MR) is 82.8 cm³/mol. The molecule has 0 aliphatic carbocycles. The van der Waals surface area contributed by atoms with E-state index >= 15 is 0 Å². The maximum absolute atomic E-state index is 13.7. The summed E-state index contributed by atoms with van der Waals surface area (Å²) in [5.41, 5.74) is 2.41. The van der Waals surface area contributed by atoms with Crippen molar-refractivity contribution in [1.82, 2.24) is 0 Å². The van der Waals surface area contributed by atoms with Crippen LogP contribution in [0.2, 0.25) is 0 Å². The van der Waals surface area contributed by atoms with E-state index in [0.717, 1.165) is 5.56 Å². The number of anilines is 1. The molecule has 0 aliphatic rings. The van der Waals surface area contributed by atoms with Gasteiger partial charge in [-0.2, -0.15) is 0 Å². The molecule has 0 heterocycles. The second-order valence-corrected chi connectivity index (χ2v) is 4.61. The van der Waals surface area contributed by atoms with Crippen molar-refractivity contribution in [3.8, 4) is 0 Å². The van der Waals surface area contributed by atoms with Gasteiger partial charge in [0.15, 0.2) is 0 Å². The summed E-state index contributed by atoms with van der Waals surface area (Å²) in [6, 6.07) is 9.64. The number of hydrogen-bond donors (Lipinski definition) is 2. The maximum atomic E-state index is 13.7. The smallest absolute Gasteiger partial charge is 0.337 e. The second-order valence-electron chi connectivity index (χ2n) is 4.61. The van der Waals surface area contributed by atoms with Gasteiger partial charge in [-0.1, -0.05) is 30.4 Å². The van der Waals surface area contributed by atoms with Crippen molar-refractivity contribution in [1.29, 1.82) is 0 Å². The van der Waals surface area contributed by atoms with Crippen LogP contribution in [0.5, 0.6) is 0 Å². The number of carboxylic acid groups (broad SMARTS) is 1. The molecule has 2 rings (SSSR count). The Kier molecular flexibility index (Phi) is 4.43. The van der Waals surface area contributed by atoms with Gasteiger partial charge in [-0.15, -0.1) is 0 Å². The first-order valence-corrected chi connectivity index (χ1v) is 6.29. The number of aromatic carboxylic acids is 1. The summed E-state index contributed by atoms with van der Waals surface area (Å²) in [4.78, 5) is 11.0. The van der Waals surface area contributed by atoms with Crippen molar-refractivity contribution in [2.75, 3.05) is 5.23 Å². The Morgan fingerprint density at radius 3 is 2.62 bits per heavy atom. The molecule has 2 N–H and O–H groups in total. The van der Waals surface area contributed by atoms with Crippen LogP contribution in [-0.4, -0.2) is 19.1 Å². The third-order valence-electron chi connectivity index (χ3n) is 3.04. The lowest BCUT2D eigenvalue weighted by Gasteiger charge is -2.06. The van der Waals surface area contributed by atoms with Crippen molar-refractivity contribution >= 4 is 31.8 Å². The first-order valence-electron chi connectivity index (χ1n) is 6.29. The zero-order valence-electron chi connectivity index (χ0n) is 11.4. The molecule has 5 heteroatoms. The van der Waals surface area contributed by atoms with Gasteiger partial charge in [0.2, 0.25) is 7.98 Å². The van der Waals surface area contributed by atoms with Gasteiger partial charge in [-0.3, -0.25) is 0 Å². The van der Waals surface area contributed by atoms with Crippen LogP contribution < -0.4 is 5.23 Å². The zero-order chi connectivity index (χ0) is 15.4. The monoisotopic (exact) mass is 281 g/mol. The molecule has 2 aromatic carbocycles. The van der Waals surface area contributed by atoms with E-state index in [0.29, 0.717) is 16.8 Å². The van der Waals surface area contributed by atoms with E-state index in [1.54, 1.807) is 30.4 Å². The molecule has 0 atom stereocenters. The Morgan fingerprint density at radius 1 is 1.24 bits per heavy atom. The first kappa shape index (κ1) is 14.8. The molecule has 21 heavy (non-hydrogen) atoms. The molecule has 2 aromatic rings. The quantitative estimate of drug-likeness (QED) is 0.666. The molecular formula is C16H13BFNO2. The van der Waals surface area contributed by atoms with E-state index < -0.39 is 5.97 Å².